The Morgan fingerprint density at radius 1 is 1.47 bits per heavy atom. The number of amides is 1. The molecule has 0 aliphatic rings. The van der Waals surface area contributed by atoms with Crippen LogP contribution in [0.5, 0.6) is 0 Å². The number of methoxy groups -OCH3 is 1. The zero-order valence-electron chi connectivity index (χ0n) is 9.59. The number of carbonyl (C=O) groups is 2. The van der Waals surface area contributed by atoms with Gasteiger partial charge in [-0.3, -0.25) is 9.59 Å². The second kappa shape index (κ2) is 5.95. The molecule has 15 heavy (non-hydrogen) atoms. The van der Waals surface area contributed by atoms with Crippen LogP contribution in [0.15, 0.2) is 0 Å². The number of alkyl halides is 1. The Kier molecular flexibility index (Phi) is 5.65. The van der Waals surface area contributed by atoms with Gasteiger partial charge < -0.3 is 10.1 Å². The van der Waals surface area contributed by atoms with E-state index in [1.165, 1.54) is 7.11 Å². The van der Waals surface area contributed by atoms with Crippen LogP contribution >= 0.6 is 11.6 Å². The van der Waals surface area contributed by atoms with Crippen molar-refractivity contribution < 1.29 is 14.3 Å². The Labute approximate surface area is 95.3 Å². The number of nitrogens with one attached hydrogen (secondary N) is 1. The van der Waals surface area contributed by atoms with Crippen molar-refractivity contribution in [3.8, 4) is 0 Å². The third kappa shape index (κ3) is 4.51. The molecular weight excluding hydrogens is 218 g/mol. The molecule has 0 spiro atoms. The average molecular weight is 236 g/mol. The van der Waals surface area contributed by atoms with E-state index in [1.807, 2.05) is 20.8 Å². The highest BCUT2D eigenvalue weighted by Crippen LogP contribution is 2.19. The summed E-state index contributed by atoms with van der Waals surface area (Å²) in [5, 5.41) is 1.79. The van der Waals surface area contributed by atoms with Crippen LogP contribution in [0.2, 0.25) is 0 Å². The molecule has 0 rings (SSSR count). The van der Waals surface area contributed by atoms with Crippen LogP contribution in [0.1, 0.15) is 27.2 Å². The number of ether oxygens (including phenoxy) is 1. The lowest BCUT2D eigenvalue weighted by Crippen LogP contribution is -2.41. The fraction of sp³-hybridized carbons (Fsp3) is 0.800. The standard InChI is InChI=1S/C10H18ClNO3/c1-5-10(2,3)9(14)12-6-7(11)8(13)15-4/h7H,5-6H2,1-4H3,(H,12,14). The van der Waals surface area contributed by atoms with Crippen molar-refractivity contribution in [1.82, 2.24) is 5.32 Å². The van der Waals surface area contributed by atoms with Crippen molar-refractivity contribution in [2.24, 2.45) is 5.41 Å². The average Bonchev–Trinajstić information content (AvgIpc) is 2.23. The summed E-state index contributed by atoms with van der Waals surface area (Å²) in [6.45, 7) is 5.70. The molecule has 0 saturated heterocycles. The second-order valence-electron chi connectivity index (χ2n) is 3.94. The zero-order chi connectivity index (χ0) is 12.1. The van der Waals surface area contributed by atoms with E-state index in [4.69, 9.17) is 11.6 Å². The highest BCUT2D eigenvalue weighted by Gasteiger charge is 2.26. The normalized spacial score (nSPS) is 13.1. The SMILES string of the molecule is CCC(C)(C)C(=O)NCC(Cl)C(=O)OC. The van der Waals surface area contributed by atoms with Crippen molar-refractivity contribution >= 4 is 23.5 Å². The topological polar surface area (TPSA) is 55.4 Å². The first-order valence-electron chi connectivity index (χ1n) is 4.85. The maximum absolute atomic E-state index is 11.6. The molecule has 0 saturated carbocycles. The van der Waals surface area contributed by atoms with Crippen molar-refractivity contribution in [1.29, 1.82) is 0 Å². The minimum absolute atomic E-state index is 0.0937. The number of halogens is 1. The molecule has 0 bridgehead atoms. The Hall–Kier alpha value is -0.770. The molecule has 0 radical (unpaired) electrons. The van der Waals surface area contributed by atoms with Gasteiger partial charge in [0.1, 0.15) is 5.38 Å². The van der Waals surface area contributed by atoms with E-state index < -0.39 is 16.8 Å². The lowest BCUT2D eigenvalue weighted by Gasteiger charge is -2.21. The molecule has 0 aliphatic carbocycles. The van der Waals surface area contributed by atoms with Crippen LogP contribution in [0.25, 0.3) is 0 Å². The van der Waals surface area contributed by atoms with Gasteiger partial charge in [0.2, 0.25) is 5.91 Å². The van der Waals surface area contributed by atoms with Crippen molar-refractivity contribution in [2.75, 3.05) is 13.7 Å². The minimum Gasteiger partial charge on any atom is -0.468 e. The number of hydrogen-bond acceptors (Lipinski definition) is 3. The molecule has 0 aliphatic heterocycles. The summed E-state index contributed by atoms with van der Waals surface area (Å²) < 4.78 is 4.43. The van der Waals surface area contributed by atoms with Crippen LogP contribution in [-0.2, 0) is 14.3 Å². The van der Waals surface area contributed by atoms with Crippen LogP contribution in [-0.4, -0.2) is 30.9 Å². The summed E-state index contributed by atoms with van der Waals surface area (Å²) in [7, 11) is 1.26. The van der Waals surface area contributed by atoms with Gasteiger partial charge in [0, 0.05) is 12.0 Å². The molecule has 1 unspecified atom stereocenters. The number of esters is 1. The van der Waals surface area contributed by atoms with Gasteiger partial charge in [0.25, 0.3) is 0 Å². The summed E-state index contributed by atoms with van der Waals surface area (Å²) in [6, 6.07) is 0. The van der Waals surface area contributed by atoms with Gasteiger partial charge in [-0.05, 0) is 6.42 Å². The highest BCUT2D eigenvalue weighted by atomic mass is 35.5. The Balaban J connectivity index is 4.07. The first-order valence-corrected chi connectivity index (χ1v) is 5.29. The predicted molar refractivity (Wildman–Crippen MR) is 58.7 cm³/mol. The lowest BCUT2D eigenvalue weighted by molar-refractivity contribution is -0.140. The smallest absolute Gasteiger partial charge is 0.325 e. The summed E-state index contributed by atoms with van der Waals surface area (Å²) in [6.07, 6.45) is 0.726. The van der Waals surface area contributed by atoms with Crippen molar-refractivity contribution in [2.45, 2.75) is 32.6 Å². The molecule has 0 aromatic heterocycles. The quantitative estimate of drug-likeness (QED) is 0.578. The van der Waals surface area contributed by atoms with E-state index >= 15 is 0 Å². The minimum atomic E-state index is -0.827. The largest absolute Gasteiger partial charge is 0.468 e. The molecule has 1 amide bonds. The Morgan fingerprint density at radius 2 is 2.00 bits per heavy atom. The molecular formula is C10H18ClNO3. The monoisotopic (exact) mass is 235 g/mol. The summed E-state index contributed by atoms with van der Waals surface area (Å²) in [5.41, 5.74) is -0.438. The zero-order valence-corrected chi connectivity index (χ0v) is 10.4. The number of hydrogen-bond donors (Lipinski definition) is 1. The fourth-order valence-corrected chi connectivity index (χ4v) is 0.960. The molecule has 5 heteroatoms. The molecule has 1 N–H and O–H groups in total. The van der Waals surface area contributed by atoms with E-state index in [2.05, 4.69) is 10.1 Å². The highest BCUT2D eigenvalue weighted by molar-refractivity contribution is 6.30. The van der Waals surface area contributed by atoms with Gasteiger partial charge in [-0.25, -0.2) is 0 Å². The molecule has 0 fully saturated rings. The predicted octanol–water partition coefficient (Wildman–Crippen LogP) is 1.32. The third-order valence-electron chi connectivity index (χ3n) is 2.40. The van der Waals surface area contributed by atoms with Gasteiger partial charge in [-0.1, -0.05) is 20.8 Å². The van der Waals surface area contributed by atoms with Crippen LogP contribution in [0.4, 0.5) is 0 Å². The first kappa shape index (κ1) is 14.2. The van der Waals surface area contributed by atoms with E-state index in [9.17, 15) is 9.59 Å². The summed E-state index contributed by atoms with van der Waals surface area (Å²) >= 11 is 5.68. The van der Waals surface area contributed by atoms with Crippen molar-refractivity contribution in [3.05, 3.63) is 0 Å². The molecule has 0 aromatic rings. The van der Waals surface area contributed by atoms with E-state index in [0.717, 1.165) is 6.42 Å². The summed E-state index contributed by atoms with van der Waals surface area (Å²) in [5.74, 6) is -0.647. The molecule has 88 valence electrons. The van der Waals surface area contributed by atoms with E-state index in [-0.39, 0.29) is 12.5 Å². The van der Waals surface area contributed by atoms with Gasteiger partial charge in [0.05, 0.1) is 7.11 Å². The van der Waals surface area contributed by atoms with Gasteiger partial charge in [0.15, 0.2) is 0 Å². The van der Waals surface area contributed by atoms with Crippen LogP contribution in [0, 0.1) is 5.41 Å². The van der Waals surface area contributed by atoms with E-state index in [0.29, 0.717) is 0 Å². The van der Waals surface area contributed by atoms with E-state index in [1.54, 1.807) is 0 Å². The fourth-order valence-electron chi connectivity index (χ4n) is 0.793. The van der Waals surface area contributed by atoms with Crippen molar-refractivity contribution in [3.63, 3.8) is 0 Å². The summed E-state index contributed by atoms with van der Waals surface area (Å²) in [4.78, 5) is 22.5. The number of carbonyl (C=O) groups excluding carboxylic acids is 2. The molecule has 0 heterocycles. The Morgan fingerprint density at radius 3 is 2.40 bits per heavy atom. The lowest BCUT2D eigenvalue weighted by atomic mass is 9.89. The second-order valence-corrected chi connectivity index (χ2v) is 4.46. The third-order valence-corrected chi connectivity index (χ3v) is 2.73. The Bertz CT molecular complexity index is 241. The van der Waals surface area contributed by atoms with Gasteiger partial charge >= 0.3 is 5.97 Å². The van der Waals surface area contributed by atoms with Crippen LogP contribution in [0.3, 0.4) is 0 Å². The maximum atomic E-state index is 11.6. The van der Waals surface area contributed by atoms with Gasteiger partial charge in [-0.2, -0.15) is 0 Å². The maximum Gasteiger partial charge on any atom is 0.325 e. The van der Waals surface area contributed by atoms with Gasteiger partial charge in [-0.15, -0.1) is 11.6 Å². The molecule has 0 aromatic carbocycles. The molecule has 1 atom stereocenters. The number of rotatable bonds is 5. The first-order chi connectivity index (χ1) is 6.85. The van der Waals surface area contributed by atoms with Crippen LogP contribution < -0.4 is 5.32 Å². The molecule has 4 nitrogen and oxygen atoms in total.